The van der Waals surface area contributed by atoms with Crippen molar-refractivity contribution in [3.05, 3.63) is 33.0 Å². The molecule has 0 bridgehead atoms. The highest BCUT2D eigenvalue weighted by Crippen LogP contribution is 2.60. The third kappa shape index (κ3) is 6.63. The van der Waals surface area contributed by atoms with Crippen molar-refractivity contribution >= 4 is 106 Å². The minimum atomic E-state index is -4.03. The number of methoxy groups -OCH3 is 3. The molecule has 332 valence electrons. The highest BCUT2D eigenvalue weighted by atomic mass is 32.2. The molecular formula is C44H48N6O10S3. The molecule has 4 aliphatic heterocycles. The second-order valence-electron chi connectivity index (χ2n) is 16.5. The van der Waals surface area contributed by atoms with Crippen molar-refractivity contribution in [1.29, 1.82) is 0 Å². The number of anilines is 2. The molecule has 0 aromatic heterocycles. The summed E-state index contributed by atoms with van der Waals surface area (Å²) < 4.78 is 56.6. The summed E-state index contributed by atoms with van der Waals surface area (Å²) in [5, 5.41) is 27.1. The molecule has 0 spiro atoms. The van der Waals surface area contributed by atoms with Gasteiger partial charge in [0.25, 0.3) is 10.1 Å². The van der Waals surface area contributed by atoms with E-state index in [-0.39, 0.29) is 42.7 Å². The number of allylic oxidation sites excluding steroid dienone is 1. The fourth-order valence-corrected chi connectivity index (χ4v) is 12.7. The average molecular weight is 917 g/mol. The smallest absolute Gasteiger partial charge is 0.330 e. The number of esters is 1. The number of rotatable bonds is 11. The van der Waals surface area contributed by atoms with E-state index < -0.39 is 28.0 Å². The zero-order valence-corrected chi connectivity index (χ0v) is 38.0. The summed E-state index contributed by atoms with van der Waals surface area (Å²) in [4.78, 5) is 43.2. The maximum atomic E-state index is 14.1. The van der Waals surface area contributed by atoms with Crippen molar-refractivity contribution in [3.63, 3.8) is 0 Å². The van der Waals surface area contributed by atoms with Crippen LogP contribution in [0.3, 0.4) is 0 Å². The standard InChI is InChI=1S/C44H48N6O10S3/c1-20-16-22-26-27-29-32(42(59-5)43-38(45-6-14-62-43)34(29)39(52)41(58-4)30(27)25(20)21(2)51)31-28(26)33(35-23(40(31)57-3)18-61-19-47-35)37-36(22)48-24(17-46-37)44(53)60-13-11-49-7-9-50(10-8-49)12-15-63(54,55)56/h16,24-25,46,48,52H,6-15,17-19H2,1-5H3,(H,54,55,56). The van der Waals surface area contributed by atoms with Crippen LogP contribution in [0.25, 0.3) is 49.2 Å². The molecule has 5 aliphatic rings. The number of aromatic hydroxyl groups is 1. The molecule has 5 aromatic rings. The molecule has 0 saturated carbocycles. The molecule has 16 nitrogen and oxygen atoms in total. The number of carbonyl (C=O) groups is 2. The number of ketones is 1. The summed E-state index contributed by atoms with van der Waals surface area (Å²) in [7, 11) is 0.813. The number of thioether (sulfide) groups is 2. The first kappa shape index (κ1) is 42.2. The van der Waals surface area contributed by atoms with Crippen LogP contribution >= 0.6 is 23.5 Å². The van der Waals surface area contributed by atoms with E-state index >= 15 is 0 Å². The highest BCUT2D eigenvalue weighted by Gasteiger charge is 2.40. The van der Waals surface area contributed by atoms with Gasteiger partial charge in [-0.25, -0.2) is 4.79 Å². The number of hydrogen-bond acceptors (Lipinski definition) is 17. The average Bonchev–Trinajstić information content (AvgIpc) is 3.41. The molecule has 4 heterocycles. The number of Topliss-reactive ketones (excluding diaryl/α,β-unsaturated/α-hetero) is 1. The van der Waals surface area contributed by atoms with Gasteiger partial charge in [-0.05, 0) is 19.2 Å². The molecule has 10 rings (SSSR count). The quantitative estimate of drug-likeness (QED) is 0.0630. The van der Waals surface area contributed by atoms with Gasteiger partial charge in [0, 0.05) is 113 Å². The second kappa shape index (κ2) is 16.0. The molecule has 4 N–H and O–H groups in total. The van der Waals surface area contributed by atoms with Crippen molar-refractivity contribution in [2.45, 2.75) is 36.5 Å². The number of fused-ring (bicyclic) bond motifs is 8. The predicted molar refractivity (Wildman–Crippen MR) is 246 cm³/mol. The van der Waals surface area contributed by atoms with E-state index in [1.165, 1.54) is 7.11 Å². The van der Waals surface area contributed by atoms with Gasteiger partial charge in [-0.2, -0.15) is 8.42 Å². The van der Waals surface area contributed by atoms with E-state index in [2.05, 4.69) is 15.5 Å². The van der Waals surface area contributed by atoms with Crippen LogP contribution in [-0.2, 0) is 30.2 Å². The first-order chi connectivity index (χ1) is 30.4. The second-order valence-corrected chi connectivity index (χ2v) is 20.2. The Labute approximate surface area is 371 Å². The lowest BCUT2D eigenvalue weighted by molar-refractivity contribution is -0.144. The van der Waals surface area contributed by atoms with Gasteiger partial charge in [-0.3, -0.25) is 29.1 Å². The molecular weight excluding hydrogens is 869 g/mol. The summed E-state index contributed by atoms with van der Waals surface area (Å²) in [5.74, 6) is 1.63. The third-order valence-electron chi connectivity index (χ3n) is 13.1. The molecule has 1 fully saturated rings. The topological polar surface area (TPSA) is 201 Å². The Morgan fingerprint density at radius 2 is 1.57 bits per heavy atom. The summed E-state index contributed by atoms with van der Waals surface area (Å²) in [6.07, 6.45) is 2.02. The van der Waals surface area contributed by atoms with Crippen molar-refractivity contribution in [2.24, 2.45) is 9.98 Å². The van der Waals surface area contributed by atoms with E-state index in [0.717, 1.165) is 70.7 Å². The lowest BCUT2D eigenvalue weighted by atomic mass is 9.79. The van der Waals surface area contributed by atoms with E-state index in [9.17, 15) is 23.1 Å². The Morgan fingerprint density at radius 3 is 2.27 bits per heavy atom. The fourth-order valence-electron chi connectivity index (χ4n) is 10.5. The van der Waals surface area contributed by atoms with Crippen LogP contribution in [0.4, 0.5) is 11.4 Å². The van der Waals surface area contributed by atoms with Crippen LogP contribution in [0.1, 0.15) is 36.5 Å². The number of hydrogen-bond donors (Lipinski definition) is 4. The Morgan fingerprint density at radius 1 is 0.873 bits per heavy atom. The van der Waals surface area contributed by atoms with E-state index in [0.29, 0.717) is 89.8 Å². The van der Waals surface area contributed by atoms with Gasteiger partial charge in [-0.15, -0.1) is 23.5 Å². The van der Waals surface area contributed by atoms with E-state index in [1.807, 2.05) is 17.9 Å². The maximum absolute atomic E-state index is 14.1. The highest BCUT2D eigenvalue weighted by molar-refractivity contribution is 7.99. The number of nitrogens with one attached hydrogen (secondary N) is 2. The van der Waals surface area contributed by atoms with Gasteiger partial charge in [0.1, 0.15) is 29.9 Å². The largest absolute Gasteiger partial charge is 0.504 e. The fraction of sp³-hybridized carbons (Fsp3) is 0.455. The molecule has 19 heteroatoms. The van der Waals surface area contributed by atoms with Gasteiger partial charge in [-0.1, -0.05) is 11.6 Å². The van der Waals surface area contributed by atoms with Crippen LogP contribution in [-0.4, -0.2) is 143 Å². The van der Waals surface area contributed by atoms with Crippen LogP contribution in [0.15, 0.2) is 20.5 Å². The van der Waals surface area contributed by atoms with Gasteiger partial charge < -0.3 is 34.7 Å². The minimum absolute atomic E-state index is 0.0954. The van der Waals surface area contributed by atoms with Crippen LogP contribution in [0.2, 0.25) is 0 Å². The van der Waals surface area contributed by atoms with Gasteiger partial charge in [0.2, 0.25) is 0 Å². The Bertz CT molecular complexity index is 3080. The van der Waals surface area contributed by atoms with Crippen molar-refractivity contribution in [1.82, 2.24) is 9.80 Å². The first-order valence-corrected chi connectivity index (χ1v) is 24.7. The van der Waals surface area contributed by atoms with Crippen LogP contribution in [0, 0.1) is 0 Å². The Balaban J connectivity index is 1.18. The maximum Gasteiger partial charge on any atom is 0.330 e. The molecule has 0 amide bonds. The number of piperazine rings is 1. The SMILES string of the molecule is COc1c(O)c2c3c(c(OC)c4c5c(OC)c6c(c7c8c(c9c(c(c1C(C(C)=O)C(C)=C9)c24)c75)NC(C(=O)OCCN1CCN(CCS(=O)(=O)O)CC1)CN8)=NCSC6)SCCN=3. The van der Waals surface area contributed by atoms with Crippen molar-refractivity contribution in [3.8, 4) is 23.0 Å². The van der Waals surface area contributed by atoms with E-state index in [4.69, 9.17) is 33.5 Å². The lowest BCUT2D eigenvalue weighted by Gasteiger charge is -2.34. The van der Waals surface area contributed by atoms with Gasteiger partial charge >= 0.3 is 5.97 Å². The number of phenols is 1. The van der Waals surface area contributed by atoms with Crippen molar-refractivity contribution in [2.75, 3.05) is 108 Å². The number of ether oxygens (including phenoxy) is 4. The lowest BCUT2D eigenvalue weighted by Crippen LogP contribution is -2.48. The Kier molecular flexibility index (Phi) is 10.7. The predicted octanol–water partition coefficient (Wildman–Crippen LogP) is 4.36. The molecule has 63 heavy (non-hydrogen) atoms. The van der Waals surface area contributed by atoms with Gasteiger partial charge in [0.05, 0.1) is 71.2 Å². The van der Waals surface area contributed by atoms with E-state index in [1.54, 1.807) is 44.7 Å². The molecule has 1 aliphatic carbocycles. The zero-order chi connectivity index (χ0) is 44.1. The summed E-state index contributed by atoms with van der Waals surface area (Å²) in [6.45, 7) is 7.80. The number of benzene rings is 5. The number of phenolic OH excluding ortho intramolecular Hbond substituents is 1. The number of nitrogens with zero attached hydrogens (tertiary/aromatic N) is 4. The van der Waals surface area contributed by atoms with Crippen LogP contribution in [0.5, 0.6) is 23.0 Å². The zero-order valence-electron chi connectivity index (χ0n) is 35.6. The number of carbonyl (C=O) groups excluding carboxylic acids is 2. The molecule has 2 unspecified atom stereocenters. The molecule has 0 radical (unpaired) electrons. The van der Waals surface area contributed by atoms with Crippen molar-refractivity contribution < 1.29 is 46.6 Å². The summed E-state index contributed by atoms with van der Waals surface area (Å²) in [5.41, 5.74) is 4.40. The minimum Gasteiger partial charge on any atom is -0.504 e. The third-order valence-corrected chi connectivity index (χ3v) is 15.6. The normalized spacial score (nSPS) is 19.9. The van der Waals surface area contributed by atoms with Crippen LogP contribution < -0.4 is 35.6 Å². The summed E-state index contributed by atoms with van der Waals surface area (Å²) in [6, 6.07) is -0.773. The first-order valence-electron chi connectivity index (χ1n) is 20.9. The molecule has 2 atom stereocenters. The van der Waals surface area contributed by atoms with Gasteiger partial charge in [0.15, 0.2) is 11.5 Å². The monoisotopic (exact) mass is 916 g/mol. The summed E-state index contributed by atoms with van der Waals surface area (Å²) >= 11 is 3.31. The Hall–Kier alpha value is -4.79. The molecule has 5 aromatic carbocycles. The molecule has 1 saturated heterocycles.